The van der Waals surface area contributed by atoms with Crippen LogP contribution in [0.15, 0.2) is 18.3 Å². The first-order valence-electron chi connectivity index (χ1n) is 6.44. The lowest BCUT2D eigenvalue weighted by Crippen LogP contribution is -2.40. The van der Waals surface area contributed by atoms with Crippen molar-refractivity contribution in [3.8, 4) is 6.07 Å². The van der Waals surface area contributed by atoms with Gasteiger partial charge in [-0.25, -0.2) is 4.98 Å². The number of piperidine rings is 1. The van der Waals surface area contributed by atoms with E-state index in [4.69, 9.17) is 5.26 Å². The van der Waals surface area contributed by atoms with Gasteiger partial charge in [0, 0.05) is 33.1 Å². The van der Waals surface area contributed by atoms with Crippen molar-refractivity contribution in [3.05, 3.63) is 24.0 Å². The topological polar surface area (TPSA) is 60.2 Å². The first-order valence-corrected chi connectivity index (χ1v) is 6.44. The molecule has 2 rings (SSSR count). The average Bonchev–Trinajstić information content (AvgIpc) is 2.46. The first kappa shape index (κ1) is 13.3. The summed E-state index contributed by atoms with van der Waals surface area (Å²) >= 11 is 0. The van der Waals surface area contributed by atoms with E-state index in [1.165, 1.54) is 0 Å². The van der Waals surface area contributed by atoms with Crippen LogP contribution in [0.3, 0.4) is 0 Å². The molecule has 0 saturated carbocycles. The molecule has 1 amide bonds. The maximum Gasteiger partial charge on any atom is 0.225 e. The van der Waals surface area contributed by atoms with E-state index in [0.717, 1.165) is 31.6 Å². The molecule has 19 heavy (non-hydrogen) atoms. The number of nitrogens with zero attached hydrogens (tertiary/aromatic N) is 4. The second-order valence-electron chi connectivity index (χ2n) is 5.01. The van der Waals surface area contributed by atoms with Crippen LogP contribution in [0.1, 0.15) is 18.5 Å². The minimum Gasteiger partial charge on any atom is -0.370 e. The fraction of sp³-hybridized carbons (Fsp3) is 0.500. The Morgan fingerprint density at radius 1 is 1.42 bits per heavy atom. The van der Waals surface area contributed by atoms with Gasteiger partial charge in [-0.1, -0.05) is 0 Å². The van der Waals surface area contributed by atoms with Gasteiger partial charge in [-0.15, -0.1) is 0 Å². The first-order chi connectivity index (χ1) is 9.11. The third-order valence-electron chi connectivity index (χ3n) is 3.51. The number of pyridine rings is 1. The third-order valence-corrected chi connectivity index (χ3v) is 3.51. The molecule has 0 spiro atoms. The van der Waals surface area contributed by atoms with E-state index in [-0.39, 0.29) is 11.8 Å². The van der Waals surface area contributed by atoms with Crippen LogP contribution in [0.2, 0.25) is 0 Å². The zero-order valence-corrected chi connectivity index (χ0v) is 11.3. The number of hydrogen-bond acceptors (Lipinski definition) is 4. The molecule has 2 heterocycles. The Hall–Kier alpha value is -2.09. The Balaban J connectivity index is 1.96. The summed E-state index contributed by atoms with van der Waals surface area (Å²) in [7, 11) is 3.61. The normalized spacial score (nSPS) is 15.9. The molecule has 1 fully saturated rings. The molecule has 0 unspecified atom stereocenters. The van der Waals surface area contributed by atoms with Crippen LogP contribution in [0.4, 0.5) is 5.69 Å². The van der Waals surface area contributed by atoms with E-state index in [0.29, 0.717) is 5.69 Å². The lowest BCUT2D eigenvalue weighted by atomic mass is 9.95. The largest absolute Gasteiger partial charge is 0.370 e. The van der Waals surface area contributed by atoms with E-state index in [9.17, 15) is 4.79 Å². The molecular weight excluding hydrogens is 240 g/mol. The second-order valence-corrected chi connectivity index (χ2v) is 5.01. The van der Waals surface area contributed by atoms with Crippen molar-refractivity contribution in [1.82, 2.24) is 9.88 Å². The average molecular weight is 258 g/mol. The fourth-order valence-corrected chi connectivity index (χ4v) is 2.39. The van der Waals surface area contributed by atoms with Crippen molar-refractivity contribution >= 4 is 11.6 Å². The maximum atomic E-state index is 11.9. The zero-order chi connectivity index (χ0) is 13.8. The number of hydrogen-bond donors (Lipinski definition) is 0. The van der Waals surface area contributed by atoms with Crippen molar-refractivity contribution in [2.75, 3.05) is 32.1 Å². The van der Waals surface area contributed by atoms with Crippen LogP contribution in [0, 0.1) is 17.2 Å². The lowest BCUT2D eigenvalue weighted by molar-refractivity contribution is -0.133. The van der Waals surface area contributed by atoms with Gasteiger partial charge in [0.2, 0.25) is 5.91 Å². The van der Waals surface area contributed by atoms with E-state index < -0.39 is 0 Å². The minimum absolute atomic E-state index is 0.137. The van der Waals surface area contributed by atoms with Gasteiger partial charge in [0.1, 0.15) is 11.8 Å². The lowest BCUT2D eigenvalue weighted by Gasteiger charge is -2.33. The smallest absolute Gasteiger partial charge is 0.225 e. The standard InChI is InChI=1S/C14H18N4O/c1-17(2)14(19)11-5-7-18(8-6-11)13-4-3-12(9-15)16-10-13/h3-4,10-11H,5-8H2,1-2H3. The Morgan fingerprint density at radius 3 is 2.58 bits per heavy atom. The zero-order valence-electron chi connectivity index (χ0n) is 11.3. The van der Waals surface area contributed by atoms with Crippen molar-refractivity contribution in [3.63, 3.8) is 0 Å². The highest BCUT2D eigenvalue weighted by atomic mass is 16.2. The third kappa shape index (κ3) is 3.02. The summed E-state index contributed by atoms with van der Waals surface area (Å²) in [6, 6.07) is 5.66. The molecule has 0 bridgehead atoms. The molecule has 1 aromatic rings. The summed E-state index contributed by atoms with van der Waals surface area (Å²) in [6.45, 7) is 1.72. The Labute approximate surface area is 113 Å². The Bertz CT molecular complexity index is 481. The van der Waals surface area contributed by atoms with E-state index in [2.05, 4.69) is 9.88 Å². The van der Waals surface area contributed by atoms with Gasteiger partial charge < -0.3 is 9.80 Å². The Kier molecular flexibility index (Phi) is 4.00. The molecular formula is C14H18N4O. The van der Waals surface area contributed by atoms with Crippen LogP contribution < -0.4 is 4.90 Å². The molecule has 0 N–H and O–H groups in total. The van der Waals surface area contributed by atoms with Crippen LogP contribution in [0.25, 0.3) is 0 Å². The molecule has 0 atom stereocenters. The second kappa shape index (κ2) is 5.70. The molecule has 0 radical (unpaired) electrons. The molecule has 1 aliphatic heterocycles. The van der Waals surface area contributed by atoms with Gasteiger partial charge in [0.25, 0.3) is 0 Å². The molecule has 5 heteroatoms. The van der Waals surface area contributed by atoms with Crippen molar-refractivity contribution in [1.29, 1.82) is 5.26 Å². The number of aromatic nitrogens is 1. The number of carbonyl (C=O) groups is 1. The molecule has 0 aromatic carbocycles. The van der Waals surface area contributed by atoms with Gasteiger partial charge in [-0.05, 0) is 25.0 Å². The Morgan fingerprint density at radius 2 is 2.11 bits per heavy atom. The molecule has 1 aliphatic rings. The highest BCUT2D eigenvalue weighted by Gasteiger charge is 2.26. The van der Waals surface area contributed by atoms with Gasteiger partial charge in [0.15, 0.2) is 0 Å². The molecule has 5 nitrogen and oxygen atoms in total. The molecule has 0 aliphatic carbocycles. The van der Waals surface area contributed by atoms with Crippen LogP contribution >= 0.6 is 0 Å². The summed E-state index contributed by atoms with van der Waals surface area (Å²) in [5.74, 6) is 0.357. The molecule has 1 aromatic heterocycles. The monoisotopic (exact) mass is 258 g/mol. The quantitative estimate of drug-likeness (QED) is 0.801. The summed E-state index contributed by atoms with van der Waals surface area (Å²) in [5, 5.41) is 8.72. The minimum atomic E-state index is 0.137. The number of amides is 1. The van der Waals surface area contributed by atoms with Gasteiger partial charge >= 0.3 is 0 Å². The predicted octanol–water partition coefficient (Wildman–Crippen LogP) is 1.26. The van der Waals surface area contributed by atoms with E-state index in [1.54, 1.807) is 31.3 Å². The number of rotatable bonds is 2. The van der Waals surface area contributed by atoms with Crippen LogP contribution in [0.5, 0.6) is 0 Å². The van der Waals surface area contributed by atoms with E-state index in [1.807, 2.05) is 12.1 Å². The molecule has 1 saturated heterocycles. The van der Waals surface area contributed by atoms with Crippen LogP contribution in [-0.2, 0) is 4.79 Å². The van der Waals surface area contributed by atoms with Gasteiger partial charge in [-0.3, -0.25) is 4.79 Å². The van der Waals surface area contributed by atoms with Gasteiger partial charge in [0.05, 0.1) is 11.9 Å². The maximum absolute atomic E-state index is 11.9. The van der Waals surface area contributed by atoms with Crippen molar-refractivity contribution in [2.45, 2.75) is 12.8 Å². The summed E-state index contributed by atoms with van der Waals surface area (Å²) < 4.78 is 0. The van der Waals surface area contributed by atoms with Crippen molar-refractivity contribution in [2.24, 2.45) is 5.92 Å². The summed E-state index contributed by atoms with van der Waals surface area (Å²) in [4.78, 5) is 19.8. The van der Waals surface area contributed by atoms with Crippen molar-refractivity contribution < 1.29 is 4.79 Å². The molecule has 100 valence electrons. The summed E-state index contributed by atoms with van der Waals surface area (Å²) in [5.41, 5.74) is 1.45. The number of carbonyl (C=O) groups excluding carboxylic acids is 1. The summed E-state index contributed by atoms with van der Waals surface area (Å²) in [6.07, 6.45) is 3.47. The van der Waals surface area contributed by atoms with Crippen LogP contribution in [-0.4, -0.2) is 43.0 Å². The fourth-order valence-electron chi connectivity index (χ4n) is 2.39. The predicted molar refractivity (Wildman–Crippen MR) is 72.6 cm³/mol. The highest BCUT2D eigenvalue weighted by molar-refractivity contribution is 5.78. The number of anilines is 1. The van der Waals surface area contributed by atoms with E-state index >= 15 is 0 Å². The highest BCUT2D eigenvalue weighted by Crippen LogP contribution is 2.23. The SMILES string of the molecule is CN(C)C(=O)C1CCN(c2ccc(C#N)nc2)CC1. The number of nitriles is 1. The van der Waals surface area contributed by atoms with Gasteiger partial charge in [-0.2, -0.15) is 5.26 Å².